The van der Waals surface area contributed by atoms with Gasteiger partial charge in [-0.25, -0.2) is 0 Å². The molecule has 0 radical (unpaired) electrons. The van der Waals surface area contributed by atoms with Gasteiger partial charge in [0.2, 0.25) is 0 Å². The third-order valence-corrected chi connectivity index (χ3v) is 2.74. The highest BCUT2D eigenvalue weighted by atomic mass is 32.2. The SMILES string of the molecule is O=[N+]([O-])Sc1ccc(O)c2ccccc12. The van der Waals surface area contributed by atoms with Gasteiger partial charge >= 0.3 is 0 Å². The highest BCUT2D eigenvalue weighted by Gasteiger charge is 2.11. The van der Waals surface area contributed by atoms with Gasteiger partial charge in [-0.05, 0) is 12.1 Å². The molecule has 0 aliphatic rings. The minimum Gasteiger partial charge on any atom is -0.507 e. The molecule has 5 heteroatoms. The number of rotatable bonds is 2. The predicted molar refractivity (Wildman–Crippen MR) is 58.5 cm³/mol. The van der Waals surface area contributed by atoms with Crippen molar-refractivity contribution in [3.8, 4) is 5.75 Å². The van der Waals surface area contributed by atoms with Gasteiger partial charge in [-0.3, -0.25) is 10.1 Å². The molecule has 2 aromatic rings. The Morgan fingerprint density at radius 1 is 1.13 bits per heavy atom. The largest absolute Gasteiger partial charge is 0.507 e. The predicted octanol–water partition coefficient (Wildman–Crippen LogP) is 2.83. The fourth-order valence-electron chi connectivity index (χ4n) is 1.42. The molecular weight excluding hydrogens is 214 g/mol. The lowest BCUT2D eigenvalue weighted by molar-refractivity contribution is -0.284. The molecule has 2 aromatic carbocycles. The molecule has 0 heterocycles. The second-order valence-corrected chi connectivity index (χ2v) is 3.86. The molecule has 0 amide bonds. The number of nitrogens with zero attached hydrogens (tertiary/aromatic N) is 1. The lowest BCUT2D eigenvalue weighted by Crippen LogP contribution is -1.85. The molecule has 0 saturated heterocycles. The fourth-order valence-corrected chi connectivity index (χ4v) is 1.98. The zero-order chi connectivity index (χ0) is 10.8. The maximum Gasteiger partial charge on any atom is 0.266 e. The monoisotopic (exact) mass is 221 g/mol. The normalized spacial score (nSPS) is 10.4. The Kier molecular flexibility index (Phi) is 2.47. The van der Waals surface area contributed by atoms with E-state index in [2.05, 4.69) is 0 Å². The van der Waals surface area contributed by atoms with E-state index in [0.717, 1.165) is 0 Å². The van der Waals surface area contributed by atoms with Crippen LogP contribution in [0.4, 0.5) is 0 Å². The first-order valence-electron chi connectivity index (χ1n) is 4.21. The number of nitro groups is 1. The second-order valence-electron chi connectivity index (χ2n) is 2.94. The van der Waals surface area contributed by atoms with Gasteiger partial charge in [-0.1, -0.05) is 24.3 Å². The van der Waals surface area contributed by atoms with E-state index in [4.69, 9.17) is 0 Å². The Morgan fingerprint density at radius 3 is 2.47 bits per heavy atom. The number of benzene rings is 2. The van der Waals surface area contributed by atoms with Crippen molar-refractivity contribution >= 4 is 22.7 Å². The van der Waals surface area contributed by atoms with Crippen molar-refractivity contribution in [2.75, 3.05) is 0 Å². The van der Waals surface area contributed by atoms with Gasteiger partial charge in [-0.2, -0.15) is 0 Å². The summed E-state index contributed by atoms with van der Waals surface area (Å²) in [5, 5.41) is 21.3. The molecule has 0 unspecified atom stereocenters. The third kappa shape index (κ3) is 1.87. The molecule has 0 saturated carbocycles. The maximum atomic E-state index is 10.4. The van der Waals surface area contributed by atoms with Crippen molar-refractivity contribution < 1.29 is 9.44 Å². The van der Waals surface area contributed by atoms with Crippen LogP contribution < -0.4 is 0 Å². The highest BCUT2D eigenvalue weighted by Crippen LogP contribution is 2.33. The summed E-state index contributed by atoms with van der Waals surface area (Å²) in [7, 11) is 0. The molecule has 0 spiro atoms. The van der Waals surface area contributed by atoms with Crippen molar-refractivity contribution in [1.82, 2.24) is 0 Å². The van der Waals surface area contributed by atoms with E-state index in [0.29, 0.717) is 27.6 Å². The quantitative estimate of drug-likeness (QED) is 0.481. The van der Waals surface area contributed by atoms with Gasteiger partial charge in [0.15, 0.2) is 0 Å². The average Bonchev–Trinajstić information content (AvgIpc) is 2.22. The molecule has 0 atom stereocenters. The molecule has 76 valence electrons. The van der Waals surface area contributed by atoms with Crippen molar-refractivity contribution in [2.45, 2.75) is 4.90 Å². The number of phenols is 1. The van der Waals surface area contributed by atoms with Crippen LogP contribution in [-0.4, -0.2) is 9.44 Å². The van der Waals surface area contributed by atoms with Crippen LogP contribution in [0.15, 0.2) is 41.3 Å². The standard InChI is InChI=1S/C10H7NO3S/c12-9-5-6-10(15-11(13)14)8-4-2-1-3-7(8)9/h1-6,12H. The molecule has 0 aliphatic heterocycles. The molecule has 0 aromatic heterocycles. The van der Waals surface area contributed by atoms with Crippen LogP contribution >= 0.6 is 11.9 Å². The Bertz CT molecular complexity index is 527. The van der Waals surface area contributed by atoms with Crippen LogP contribution in [0.2, 0.25) is 0 Å². The van der Waals surface area contributed by atoms with E-state index in [1.54, 1.807) is 30.3 Å². The topological polar surface area (TPSA) is 63.4 Å². The average molecular weight is 221 g/mol. The Labute approximate surface area is 89.8 Å². The summed E-state index contributed by atoms with van der Waals surface area (Å²) in [6.07, 6.45) is 0. The van der Waals surface area contributed by atoms with Crippen LogP contribution in [0, 0.1) is 10.1 Å². The van der Waals surface area contributed by atoms with Crippen molar-refractivity contribution in [3.05, 3.63) is 46.5 Å². The van der Waals surface area contributed by atoms with Crippen LogP contribution in [0.3, 0.4) is 0 Å². The van der Waals surface area contributed by atoms with Crippen LogP contribution in [0.25, 0.3) is 10.8 Å². The van der Waals surface area contributed by atoms with E-state index in [9.17, 15) is 15.2 Å². The Morgan fingerprint density at radius 2 is 1.80 bits per heavy atom. The minimum atomic E-state index is -0.460. The lowest BCUT2D eigenvalue weighted by atomic mass is 10.1. The Balaban J connectivity index is 2.66. The summed E-state index contributed by atoms with van der Waals surface area (Å²) in [6, 6.07) is 10.1. The fraction of sp³-hybridized carbons (Fsp3) is 0. The van der Waals surface area contributed by atoms with Gasteiger partial charge in [0.05, 0.1) is 4.90 Å². The summed E-state index contributed by atoms with van der Waals surface area (Å²) in [5.74, 6) is 0.137. The number of fused-ring (bicyclic) bond motifs is 1. The molecule has 2 rings (SSSR count). The van der Waals surface area contributed by atoms with E-state index in [1.807, 2.05) is 0 Å². The maximum absolute atomic E-state index is 10.4. The van der Waals surface area contributed by atoms with Crippen LogP contribution in [-0.2, 0) is 0 Å². The number of hydrogen-bond donors (Lipinski definition) is 1. The molecular formula is C10H7NO3S. The molecule has 4 nitrogen and oxygen atoms in total. The summed E-state index contributed by atoms with van der Waals surface area (Å²) in [4.78, 5) is 10.9. The zero-order valence-electron chi connectivity index (χ0n) is 7.58. The summed E-state index contributed by atoms with van der Waals surface area (Å²) < 4.78 is -0.460. The number of phenolic OH excluding ortho intramolecular Hbond substituents is 1. The minimum absolute atomic E-state index is 0.137. The Hall–Kier alpha value is -1.75. The highest BCUT2D eigenvalue weighted by molar-refractivity contribution is 7.93. The van der Waals surface area contributed by atoms with Gasteiger partial charge in [0.25, 0.3) is 11.9 Å². The van der Waals surface area contributed by atoms with E-state index >= 15 is 0 Å². The van der Waals surface area contributed by atoms with Crippen LogP contribution in [0.1, 0.15) is 0 Å². The van der Waals surface area contributed by atoms with Gasteiger partial charge < -0.3 is 5.11 Å². The van der Waals surface area contributed by atoms with E-state index < -0.39 is 4.33 Å². The lowest BCUT2D eigenvalue weighted by Gasteiger charge is -2.02. The summed E-state index contributed by atoms with van der Waals surface area (Å²) in [5.41, 5.74) is 0. The summed E-state index contributed by atoms with van der Waals surface area (Å²) >= 11 is 0.548. The van der Waals surface area contributed by atoms with Crippen molar-refractivity contribution in [1.29, 1.82) is 0 Å². The molecule has 0 bridgehead atoms. The van der Waals surface area contributed by atoms with Gasteiger partial charge in [-0.15, -0.1) is 0 Å². The third-order valence-electron chi connectivity index (χ3n) is 2.03. The molecule has 1 N–H and O–H groups in total. The first kappa shape index (κ1) is 9.79. The molecule has 0 aliphatic carbocycles. The van der Waals surface area contributed by atoms with E-state index in [-0.39, 0.29) is 5.75 Å². The zero-order valence-corrected chi connectivity index (χ0v) is 8.40. The van der Waals surface area contributed by atoms with E-state index in [1.165, 1.54) is 6.07 Å². The molecule has 15 heavy (non-hydrogen) atoms. The van der Waals surface area contributed by atoms with Gasteiger partial charge in [0, 0.05) is 10.8 Å². The second kappa shape index (κ2) is 3.78. The van der Waals surface area contributed by atoms with Crippen LogP contribution in [0.5, 0.6) is 5.75 Å². The molecule has 0 fully saturated rings. The van der Waals surface area contributed by atoms with Gasteiger partial charge in [0.1, 0.15) is 10.1 Å². The smallest absolute Gasteiger partial charge is 0.266 e. The number of aromatic hydroxyl groups is 1. The number of hydrogen-bond acceptors (Lipinski definition) is 4. The van der Waals surface area contributed by atoms with Crippen molar-refractivity contribution in [3.63, 3.8) is 0 Å². The first-order chi connectivity index (χ1) is 7.18. The first-order valence-corrected chi connectivity index (χ1v) is 4.99. The summed E-state index contributed by atoms with van der Waals surface area (Å²) in [6.45, 7) is 0. The van der Waals surface area contributed by atoms with Crippen molar-refractivity contribution in [2.24, 2.45) is 0 Å².